The minimum atomic E-state index is 0.643. The zero-order valence-electron chi connectivity index (χ0n) is 10.9. The van der Waals surface area contributed by atoms with E-state index in [-0.39, 0.29) is 0 Å². The molecule has 0 saturated carbocycles. The lowest BCUT2D eigenvalue weighted by Crippen LogP contribution is -2.33. The predicted molar refractivity (Wildman–Crippen MR) is 73.2 cm³/mol. The standard InChI is InChI=1S/C13H21N3S/c1-4-5-6-12-13(15-17-14-12)11-8-7-10(2)16(3)9-11/h8,10H,4-7,9H2,1-3H3. The largest absolute Gasteiger partial charge is 0.299 e. The average Bonchev–Trinajstić information content (AvgIpc) is 2.78. The summed E-state index contributed by atoms with van der Waals surface area (Å²) in [5, 5.41) is 0. The van der Waals surface area contributed by atoms with Gasteiger partial charge in [0.1, 0.15) is 5.69 Å². The molecule has 0 spiro atoms. The summed E-state index contributed by atoms with van der Waals surface area (Å²) in [6.07, 6.45) is 6.96. The highest BCUT2D eigenvalue weighted by Gasteiger charge is 2.20. The number of hydrogen-bond acceptors (Lipinski definition) is 4. The Hall–Kier alpha value is -0.740. The fourth-order valence-corrected chi connectivity index (χ4v) is 2.73. The molecule has 0 saturated heterocycles. The summed E-state index contributed by atoms with van der Waals surface area (Å²) in [5.74, 6) is 0. The highest BCUT2D eigenvalue weighted by atomic mass is 32.1. The molecule has 4 heteroatoms. The molecule has 1 unspecified atom stereocenters. The third-order valence-corrected chi connectivity index (χ3v) is 4.07. The maximum Gasteiger partial charge on any atom is 0.104 e. The van der Waals surface area contributed by atoms with Crippen molar-refractivity contribution >= 4 is 17.3 Å². The molecule has 0 radical (unpaired) electrons. The van der Waals surface area contributed by atoms with Crippen molar-refractivity contribution in [3.05, 3.63) is 17.5 Å². The first-order valence-corrected chi connectivity index (χ1v) is 7.16. The molecule has 17 heavy (non-hydrogen) atoms. The Morgan fingerprint density at radius 1 is 1.47 bits per heavy atom. The van der Waals surface area contributed by atoms with Crippen LogP contribution in [0.5, 0.6) is 0 Å². The Labute approximate surface area is 108 Å². The first-order valence-electron chi connectivity index (χ1n) is 6.43. The van der Waals surface area contributed by atoms with Gasteiger partial charge in [0.05, 0.1) is 17.4 Å². The number of nitrogens with zero attached hydrogens (tertiary/aromatic N) is 3. The lowest BCUT2D eigenvalue weighted by atomic mass is 10.00. The monoisotopic (exact) mass is 251 g/mol. The van der Waals surface area contributed by atoms with Crippen molar-refractivity contribution in [1.29, 1.82) is 0 Å². The van der Waals surface area contributed by atoms with Crippen LogP contribution in [0.1, 0.15) is 44.5 Å². The molecule has 0 bridgehead atoms. The maximum atomic E-state index is 4.49. The van der Waals surface area contributed by atoms with Gasteiger partial charge in [0.25, 0.3) is 0 Å². The summed E-state index contributed by atoms with van der Waals surface area (Å²) in [6, 6.07) is 0.643. The van der Waals surface area contributed by atoms with Gasteiger partial charge in [0, 0.05) is 12.6 Å². The number of likely N-dealkylation sites (N-methyl/N-ethyl adjacent to an activating group) is 1. The van der Waals surface area contributed by atoms with Gasteiger partial charge in [-0.1, -0.05) is 19.4 Å². The molecule has 2 heterocycles. The van der Waals surface area contributed by atoms with E-state index in [1.165, 1.54) is 35.8 Å². The van der Waals surface area contributed by atoms with E-state index in [1.807, 2.05) is 0 Å². The van der Waals surface area contributed by atoms with Crippen molar-refractivity contribution < 1.29 is 0 Å². The Kier molecular flexibility index (Phi) is 4.29. The van der Waals surface area contributed by atoms with Gasteiger partial charge in [0.15, 0.2) is 0 Å². The summed E-state index contributed by atoms with van der Waals surface area (Å²) < 4.78 is 8.93. The fraction of sp³-hybridized carbons (Fsp3) is 0.692. The van der Waals surface area contributed by atoms with Crippen LogP contribution in [0, 0.1) is 0 Å². The Morgan fingerprint density at radius 2 is 2.29 bits per heavy atom. The van der Waals surface area contributed by atoms with Crippen molar-refractivity contribution in [1.82, 2.24) is 13.6 Å². The van der Waals surface area contributed by atoms with E-state index in [2.05, 4.69) is 40.6 Å². The number of hydrogen-bond donors (Lipinski definition) is 0. The molecule has 0 N–H and O–H groups in total. The lowest BCUT2D eigenvalue weighted by Gasteiger charge is -2.29. The molecule has 3 nitrogen and oxygen atoms in total. The second-order valence-corrected chi connectivity index (χ2v) is 5.42. The molecule has 0 amide bonds. The summed E-state index contributed by atoms with van der Waals surface area (Å²) in [7, 11) is 2.18. The first kappa shape index (κ1) is 12.7. The predicted octanol–water partition coefficient (Wildman–Crippen LogP) is 2.99. The third-order valence-electron chi connectivity index (χ3n) is 3.51. The van der Waals surface area contributed by atoms with E-state index < -0.39 is 0 Å². The molecule has 0 aromatic carbocycles. The van der Waals surface area contributed by atoms with E-state index in [1.54, 1.807) is 0 Å². The SMILES string of the molecule is CCCCc1nsnc1C1=CCC(C)N(C)C1. The number of unbranched alkanes of at least 4 members (excludes halogenated alkanes) is 1. The smallest absolute Gasteiger partial charge is 0.104 e. The second kappa shape index (κ2) is 5.74. The normalized spacial score (nSPS) is 21.6. The number of aryl methyl sites for hydroxylation is 1. The van der Waals surface area contributed by atoms with E-state index in [0.29, 0.717) is 6.04 Å². The van der Waals surface area contributed by atoms with Gasteiger partial charge in [-0.2, -0.15) is 8.75 Å². The van der Waals surface area contributed by atoms with Crippen LogP contribution in [0.4, 0.5) is 0 Å². The van der Waals surface area contributed by atoms with Gasteiger partial charge < -0.3 is 0 Å². The molecule has 1 aromatic rings. The van der Waals surface area contributed by atoms with Crippen LogP contribution in [-0.4, -0.2) is 33.3 Å². The summed E-state index contributed by atoms with van der Waals surface area (Å²) in [5.41, 5.74) is 3.72. The minimum Gasteiger partial charge on any atom is -0.299 e. The van der Waals surface area contributed by atoms with Gasteiger partial charge in [-0.15, -0.1) is 0 Å². The van der Waals surface area contributed by atoms with Crippen LogP contribution in [0.3, 0.4) is 0 Å². The van der Waals surface area contributed by atoms with Crippen molar-refractivity contribution in [2.75, 3.05) is 13.6 Å². The van der Waals surface area contributed by atoms with Crippen LogP contribution in [0.15, 0.2) is 6.08 Å². The van der Waals surface area contributed by atoms with Gasteiger partial charge in [-0.25, -0.2) is 0 Å². The van der Waals surface area contributed by atoms with Gasteiger partial charge >= 0.3 is 0 Å². The molecule has 0 fully saturated rings. The van der Waals surface area contributed by atoms with Gasteiger partial charge in [-0.3, -0.25) is 4.90 Å². The third kappa shape index (κ3) is 2.93. The fourth-order valence-electron chi connectivity index (χ4n) is 2.11. The Morgan fingerprint density at radius 3 is 3.00 bits per heavy atom. The summed E-state index contributed by atoms with van der Waals surface area (Å²) in [4.78, 5) is 2.39. The highest BCUT2D eigenvalue weighted by molar-refractivity contribution is 6.99. The number of aromatic nitrogens is 2. The average molecular weight is 251 g/mol. The molecule has 1 aliphatic rings. The summed E-state index contributed by atoms with van der Waals surface area (Å²) in [6.45, 7) is 5.49. The van der Waals surface area contributed by atoms with Gasteiger partial charge in [-0.05, 0) is 38.8 Å². The molecule has 2 rings (SSSR count). The lowest BCUT2D eigenvalue weighted by molar-refractivity contribution is 0.280. The highest BCUT2D eigenvalue weighted by Crippen LogP contribution is 2.25. The topological polar surface area (TPSA) is 29.0 Å². The summed E-state index contributed by atoms with van der Waals surface area (Å²) >= 11 is 1.35. The molecule has 1 aliphatic heterocycles. The second-order valence-electron chi connectivity index (χ2n) is 4.89. The molecule has 94 valence electrons. The quantitative estimate of drug-likeness (QED) is 0.824. The van der Waals surface area contributed by atoms with E-state index in [0.717, 1.165) is 25.1 Å². The molecule has 1 aromatic heterocycles. The molecular weight excluding hydrogens is 230 g/mol. The maximum absolute atomic E-state index is 4.49. The van der Waals surface area contributed by atoms with E-state index >= 15 is 0 Å². The van der Waals surface area contributed by atoms with E-state index in [9.17, 15) is 0 Å². The zero-order valence-corrected chi connectivity index (χ0v) is 11.8. The molecule has 1 atom stereocenters. The zero-order chi connectivity index (χ0) is 12.3. The molecule has 0 aliphatic carbocycles. The van der Waals surface area contributed by atoms with Crippen LogP contribution in [0.25, 0.3) is 5.57 Å². The van der Waals surface area contributed by atoms with Crippen molar-refractivity contribution in [2.24, 2.45) is 0 Å². The van der Waals surface area contributed by atoms with E-state index in [4.69, 9.17) is 0 Å². The van der Waals surface area contributed by atoms with Crippen molar-refractivity contribution in [2.45, 2.75) is 45.6 Å². The molecular formula is C13H21N3S. The van der Waals surface area contributed by atoms with Crippen molar-refractivity contribution in [3.8, 4) is 0 Å². The first-order chi connectivity index (χ1) is 8.22. The van der Waals surface area contributed by atoms with Crippen molar-refractivity contribution in [3.63, 3.8) is 0 Å². The number of rotatable bonds is 4. The van der Waals surface area contributed by atoms with Crippen LogP contribution < -0.4 is 0 Å². The van der Waals surface area contributed by atoms with Crippen LogP contribution >= 0.6 is 11.7 Å². The minimum absolute atomic E-state index is 0.643. The Balaban J connectivity index is 2.14. The van der Waals surface area contributed by atoms with Crippen LogP contribution in [-0.2, 0) is 6.42 Å². The van der Waals surface area contributed by atoms with Gasteiger partial charge in [0.2, 0.25) is 0 Å². The van der Waals surface area contributed by atoms with Crippen LogP contribution in [0.2, 0.25) is 0 Å². The Bertz CT molecular complexity index is 397.